The Morgan fingerprint density at radius 1 is 1.32 bits per heavy atom. The second-order valence-corrected chi connectivity index (χ2v) is 9.60. The van der Waals surface area contributed by atoms with E-state index in [2.05, 4.69) is 26.7 Å². The Labute approximate surface area is 202 Å². The fraction of sp³-hybridized carbons (Fsp3) is 0.360. The molecule has 3 N–H and O–H groups in total. The van der Waals surface area contributed by atoms with E-state index < -0.39 is 6.09 Å². The van der Waals surface area contributed by atoms with Crippen molar-refractivity contribution in [2.45, 2.75) is 57.6 Å². The number of rotatable bonds is 7. The zero-order valence-electron chi connectivity index (χ0n) is 19.1. The molecule has 1 aromatic carbocycles. The van der Waals surface area contributed by atoms with E-state index in [1.807, 2.05) is 44.2 Å². The van der Waals surface area contributed by atoms with Crippen molar-refractivity contribution < 1.29 is 14.3 Å². The molecule has 4 rings (SSSR count). The Hall–Kier alpha value is -3.64. The van der Waals surface area contributed by atoms with Gasteiger partial charge in [0.2, 0.25) is 5.91 Å². The molecule has 9 heteroatoms. The molecule has 34 heavy (non-hydrogen) atoms. The highest BCUT2D eigenvalue weighted by atomic mass is 32.1. The molecular formula is C25H27N5O3S. The maximum Gasteiger partial charge on any atom is 0.408 e. The lowest BCUT2D eigenvalue weighted by molar-refractivity contribution is -0.116. The summed E-state index contributed by atoms with van der Waals surface area (Å²) in [7, 11) is 0. The molecule has 0 bridgehead atoms. The molecule has 1 aliphatic rings. The molecule has 0 spiro atoms. The quantitative estimate of drug-likeness (QED) is 0.451. The molecule has 0 aliphatic heterocycles. The minimum absolute atomic E-state index is 0.0705. The van der Waals surface area contributed by atoms with Crippen LogP contribution in [0.4, 0.5) is 9.80 Å². The Morgan fingerprint density at radius 2 is 2.12 bits per heavy atom. The number of aromatic amines is 1. The number of fused-ring (bicyclic) bond motifs is 1. The van der Waals surface area contributed by atoms with E-state index in [-0.39, 0.29) is 24.0 Å². The van der Waals surface area contributed by atoms with Gasteiger partial charge in [-0.05, 0) is 36.8 Å². The molecule has 0 fully saturated rings. The number of nitriles is 1. The number of H-pyrrole nitrogens is 1. The van der Waals surface area contributed by atoms with Gasteiger partial charge in [0, 0.05) is 30.1 Å². The topological polar surface area (TPSA) is 120 Å². The summed E-state index contributed by atoms with van der Waals surface area (Å²) in [4.78, 5) is 33.1. The number of thiophene rings is 1. The van der Waals surface area contributed by atoms with E-state index >= 15 is 0 Å². The summed E-state index contributed by atoms with van der Waals surface area (Å²) >= 11 is 1.40. The molecule has 8 nitrogen and oxygen atoms in total. The molecule has 2 heterocycles. The number of alkyl carbamates (subject to hydrolysis) is 1. The van der Waals surface area contributed by atoms with Gasteiger partial charge >= 0.3 is 6.09 Å². The third kappa shape index (κ3) is 5.46. The third-order valence-corrected chi connectivity index (χ3v) is 7.15. The number of imidazole rings is 1. The second kappa shape index (κ2) is 10.5. The lowest BCUT2D eigenvalue weighted by atomic mass is 9.93. The van der Waals surface area contributed by atoms with Gasteiger partial charge < -0.3 is 20.4 Å². The zero-order valence-corrected chi connectivity index (χ0v) is 19.9. The van der Waals surface area contributed by atoms with Gasteiger partial charge in [0.05, 0.1) is 11.6 Å². The molecular weight excluding hydrogens is 450 g/mol. The second-order valence-electron chi connectivity index (χ2n) is 8.49. The van der Waals surface area contributed by atoms with Gasteiger partial charge in [0.25, 0.3) is 0 Å². The van der Waals surface area contributed by atoms with Crippen LogP contribution in [0.5, 0.6) is 0 Å². The molecule has 3 unspecified atom stereocenters. The maximum absolute atomic E-state index is 12.7. The van der Waals surface area contributed by atoms with Crippen LogP contribution in [-0.4, -0.2) is 28.1 Å². The fourth-order valence-corrected chi connectivity index (χ4v) is 5.44. The van der Waals surface area contributed by atoms with E-state index in [1.165, 1.54) is 11.3 Å². The summed E-state index contributed by atoms with van der Waals surface area (Å²) in [5, 5.41) is 16.0. The Morgan fingerprint density at radius 3 is 2.82 bits per heavy atom. The monoisotopic (exact) mass is 477 g/mol. The highest BCUT2D eigenvalue weighted by Gasteiger charge is 2.29. The van der Waals surface area contributed by atoms with E-state index in [0.717, 1.165) is 16.0 Å². The fourth-order valence-electron chi connectivity index (χ4n) is 4.16. The number of nitrogens with one attached hydrogen (secondary N) is 3. The summed E-state index contributed by atoms with van der Waals surface area (Å²) < 4.78 is 5.63. The number of hydrogen-bond donors (Lipinski definition) is 3. The van der Waals surface area contributed by atoms with E-state index in [0.29, 0.717) is 42.1 Å². The summed E-state index contributed by atoms with van der Waals surface area (Å²) in [6.07, 6.45) is 4.63. The van der Waals surface area contributed by atoms with Crippen LogP contribution in [0.3, 0.4) is 0 Å². The lowest BCUT2D eigenvalue weighted by Crippen LogP contribution is -2.33. The molecule has 2 aromatic heterocycles. The van der Waals surface area contributed by atoms with Gasteiger partial charge in [-0.25, -0.2) is 9.78 Å². The lowest BCUT2D eigenvalue weighted by Gasteiger charge is -2.23. The number of carbonyl (C=O) groups is 2. The zero-order chi connectivity index (χ0) is 24.1. The molecule has 2 amide bonds. The first-order valence-corrected chi connectivity index (χ1v) is 12.1. The molecule has 0 saturated carbocycles. The first kappa shape index (κ1) is 23.5. The summed E-state index contributed by atoms with van der Waals surface area (Å²) in [6.45, 7) is 3.84. The standard InChI is InChI=1S/C25H27N5O3S/c1-15(17-6-4-3-5-7-17)12-22(31)30-24-20(14-26)19-9-8-18(13-21(19)34-24)33-25(32)29-16(2)23-27-10-11-28-23/h3-7,10-11,15-16,18H,8-9,12-13H2,1-2H3,(H,27,28)(H,29,32)(H,30,31). The minimum Gasteiger partial charge on any atom is -0.446 e. The number of hydrogen-bond acceptors (Lipinski definition) is 6. The molecule has 1 aliphatic carbocycles. The molecule has 0 saturated heterocycles. The van der Waals surface area contributed by atoms with E-state index in [9.17, 15) is 14.9 Å². The first-order chi connectivity index (χ1) is 16.4. The maximum atomic E-state index is 12.7. The smallest absolute Gasteiger partial charge is 0.408 e. The molecule has 0 radical (unpaired) electrons. The first-order valence-electron chi connectivity index (χ1n) is 11.3. The predicted molar refractivity (Wildman–Crippen MR) is 130 cm³/mol. The van der Waals surface area contributed by atoms with Crippen molar-refractivity contribution in [3.8, 4) is 6.07 Å². The number of benzene rings is 1. The average molecular weight is 478 g/mol. The molecule has 3 aromatic rings. The van der Waals surface area contributed by atoms with Gasteiger partial charge in [0.15, 0.2) is 0 Å². The number of ether oxygens (including phenoxy) is 1. The SMILES string of the molecule is CC(CC(=O)Nc1sc2c(c1C#N)CCC(OC(=O)NC(C)c1ncc[nH]1)C2)c1ccccc1. The van der Waals surface area contributed by atoms with Gasteiger partial charge in [-0.15, -0.1) is 11.3 Å². The highest BCUT2D eigenvalue weighted by molar-refractivity contribution is 7.16. The van der Waals surface area contributed by atoms with Crippen molar-refractivity contribution in [1.29, 1.82) is 5.26 Å². The number of carbonyl (C=O) groups excluding carboxylic acids is 2. The van der Waals surface area contributed by atoms with Gasteiger partial charge in [-0.3, -0.25) is 4.79 Å². The van der Waals surface area contributed by atoms with E-state index in [1.54, 1.807) is 12.4 Å². The number of aromatic nitrogens is 2. The van der Waals surface area contributed by atoms with Crippen LogP contribution in [0.15, 0.2) is 42.7 Å². The van der Waals surface area contributed by atoms with Crippen LogP contribution in [0.2, 0.25) is 0 Å². The van der Waals surface area contributed by atoms with Gasteiger partial charge in [0.1, 0.15) is 23.0 Å². The van der Waals surface area contributed by atoms with Crippen LogP contribution in [-0.2, 0) is 22.4 Å². The Kier molecular flexibility index (Phi) is 7.28. The summed E-state index contributed by atoms with van der Waals surface area (Å²) in [5.74, 6) is 0.605. The summed E-state index contributed by atoms with van der Waals surface area (Å²) in [6, 6.07) is 11.8. The van der Waals surface area contributed by atoms with Crippen LogP contribution in [0, 0.1) is 11.3 Å². The van der Waals surface area contributed by atoms with Gasteiger partial charge in [-0.1, -0.05) is 37.3 Å². The highest BCUT2D eigenvalue weighted by Crippen LogP contribution is 2.38. The van der Waals surface area contributed by atoms with Gasteiger partial charge in [-0.2, -0.15) is 5.26 Å². The van der Waals surface area contributed by atoms with Crippen LogP contribution in [0.25, 0.3) is 0 Å². The van der Waals surface area contributed by atoms with Crippen molar-refractivity contribution in [2.24, 2.45) is 0 Å². The van der Waals surface area contributed by atoms with Crippen LogP contribution >= 0.6 is 11.3 Å². The van der Waals surface area contributed by atoms with E-state index in [4.69, 9.17) is 4.74 Å². The van der Waals surface area contributed by atoms with Crippen molar-refractivity contribution in [3.63, 3.8) is 0 Å². The van der Waals surface area contributed by atoms with Crippen molar-refractivity contribution in [2.75, 3.05) is 5.32 Å². The van der Waals surface area contributed by atoms with Crippen molar-refractivity contribution in [3.05, 3.63) is 70.1 Å². The normalized spacial score (nSPS) is 16.6. The predicted octanol–water partition coefficient (Wildman–Crippen LogP) is 4.82. The molecule has 176 valence electrons. The molecule has 3 atom stereocenters. The largest absolute Gasteiger partial charge is 0.446 e. The van der Waals surface area contributed by atoms with Crippen molar-refractivity contribution in [1.82, 2.24) is 15.3 Å². The minimum atomic E-state index is -0.502. The van der Waals surface area contributed by atoms with Crippen LogP contribution < -0.4 is 10.6 Å². The number of nitrogens with zero attached hydrogens (tertiary/aromatic N) is 2. The number of amides is 2. The number of anilines is 1. The van der Waals surface area contributed by atoms with Crippen molar-refractivity contribution >= 4 is 28.3 Å². The van der Waals surface area contributed by atoms with Crippen LogP contribution in [0.1, 0.15) is 66.0 Å². The third-order valence-electron chi connectivity index (χ3n) is 5.98. The Balaban J connectivity index is 1.36. The summed E-state index contributed by atoms with van der Waals surface area (Å²) in [5.41, 5.74) is 2.57. The average Bonchev–Trinajstić information content (AvgIpc) is 3.47. The Bertz CT molecular complexity index is 1180.